The average Bonchev–Trinajstić information content (AvgIpc) is 3.56. The van der Waals surface area contributed by atoms with E-state index in [0.717, 1.165) is 33.4 Å². The smallest absolute Gasteiger partial charge is 0.251 e. The number of rotatable bonds is 15. The highest BCUT2D eigenvalue weighted by Crippen LogP contribution is 2.36. The third-order valence-corrected chi connectivity index (χ3v) is 11.3. The van der Waals surface area contributed by atoms with Crippen LogP contribution in [-0.4, -0.2) is 39.5 Å². The van der Waals surface area contributed by atoms with Crippen molar-refractivity contribution in [2.75, 3.05) is 23.7 Å². The first-order valence-electron chi connectivity index (χ1n) is 17.5. The Morgan fingerprint density at radius 1 is 0.704 bits per heavy atom. The molecule has 0 aliphatic heterocycles. The van der Waals surface area contributed by atoms with E-state index in [1.54, 1.807) is 35.6 Å². The van der Waals surface area contributed by atoms with Crippen LogP contribution in [0.25, 0.3) is 20.2 Å². The van der Waals surface area contributed by atoms with Gasteiger partial charge in [0.1, 0.15) is 18.1 Å². The van der Waals surface area contributed by atoms with Crippen molar-refractivity contribution in [3.63, 3.8) is 0 Å². The summed E-state index contributed by atoms with van der Waals surface area (Å²) in [7, 11) is -3.81. The van der Waals surface area contributed by atoms with Crippen molar-refractivity contribution in [3.05, 3.63) is 173 Å². The number of anilines is 1. The Kier molecular flexibility index (Phi) is 11.0. The van der Waals surface area contributed by atoms with Gasteiger partial charge in [0, 0.05) is 37.7 Å². The predicted octanol–water partition coefficient (Wildman–Crippen LogP) is 8.83. The average molecular weight is 755 g/mol. The van der Waals surface area contributed by atoms with E-state index < -0.39 is 15.9 Å². The van der Waals surface area contributed by atoms with Crippen molar-refractivity contribution in [1.82, 2.24) is 5.32 Å². The number of ketones is 1. The van der Waals surface area contributed by atoms with Gasteiger partial charge in [-0.2, -0.15) is 0 Å². The molecule has 272 valence electrons. The van der Waals surface area contributed by atoms with E-state index in [1.807, 2.05) is 91.0 Å². The van der Waals surface area contributed by atoms with E-state index in [0.29, 0.717) is 24.3 Å². The maximum atomic E-state index is 13.6. The van der Waals surface area contributed by atoms with E-state index in [1.165, 1.54) is 25.8 Å². The molecule has 8 nitrogen and oxygen atoms in total. The second-order valence-corrected chi connectivity index (χ2v) is 15.8. The second-order valence-electron chi connectivity index (χ2n) is 12.8. The minimum Gasteiger partial charge on any atom is -0.493 e. The topological polar surface area (TPSA) is 102 Å². The first-order chi connectivity index (χ1) is 26.2. The maximum Gasteiger partial charge on any atom is 0.251 e. The summed E-state index contributed by atoms with van der Waals surface area (Å²) < 4.78 is 42.3. The molecule has 0 saturated carbocycles. The van der Waals surface area contributed by atoms with E-state index in [-0.39, 0.29) is 36.7 Å². The van der Waals surface area contributed by atoms with Gasteiger partial charge in [0.2, 0.25) is 10.0 Å². The summed E-state index contributed by atoms with van der Waals surface area (Å²) in [5.74, 6) is 0.289. The van der Waals surface area contributed by atoms with Crippen LogP contribution in [0.5, 0.6) is 11.5 Å². The molecule has 0 saturated heterocycles. The van der Waals surface area contributed by atoms with Gasteiger partial charge in [-0.25, -0.2) is 8.42 Å². The van der Waals surface area contributed by atoms with Gasteiger partial charge in [-0.05, 0) is 65.2 Å². The van der Waals surface area contributed by atoms with Crippen LogP contribution in [0.3, 0.4) is 0 Å². The quantitative estimate of drug-likeness (QED) is 0.105. The molecule has 0 radical (unpaired) electrons. The zero-order valence-corrected chi connectivity index (χ0v) is 31.2. The Hall–Kier alpha value is -5.97. The van der Waals surface area contributed by atoms with Gasteiger partial charge in [0.05, 0.1) is 31.6 Å². The molecule has 54 heavy (non-hydrogen) atoms. The molecule has 1 aromatic heterocycles. The molecule has 0 spiro atoms. The fourth-order valence-corrected chi connectivity index (χ4v) is 8.28. The van der Waals surface area contributed by atoms with Crippen LogP contribution in [0.1, 0.15) is 37.4 Å². The molecule has 0 fully saturated rings. The predicted molar refractivity (Wildman–Crippen MR) is 216 cm³/mol. The van der Waals surface area contributed by atoms with Crippen molar-refractivity contribution < 1.29 is 27.5 Å². The highest BCUT2D eigenvalue weighted by atomic mass is 32.2. The minimum atomic E-state index is -3.81. The summed E-state index contributed by atoms with van der Waals surface area (Å²) in [5.41, 5.74) is 3.37. The molecule has 0 aliphatic carbocycles. The van der Waals surface area contributed by atoms with Gasteiger partial charge in [-0.1, -0.05) is 97.1 Å². The zero-order valence-electron chi connectivity index (χ0n) is 29.6. The molecule has 10 heteroatoms. The van der Waals surface area contributed by atoms with Gasteiger partial charge >= 0.3 is 0 Å². The van der Waals surface area contributed by atoms with Crippen LogP contribution in [0.15, 0.2) is 146 Å². The van der Waals surface area contributed by atoms with Crippen LogP contribution < -0.4 is 19.1 Å². The van der Waals surface area contributed by atoms with E-state index in [2.05, 4.69) is 29.6 Å². The summed E-state index contributed by atoms with van der Waals surface area (Å²) >= 11 is 1.73. The number of nitrogens with one attached hydrogen (secondary N) is 1. The number of thiophene rings is 1. The lowest BCUT2D eigenvalue weighted by molar-refractivity contribution is 0.0903. The normalized spacial score (nSPS) is 11.4. The Balaban J connectivity index is 1.04. The lowest BCUT2D eigenvalue weighted by Gasteiger charge is -2.25. The molecule has 7 aromatic rings. The van der Waals surface area contributed by atoms with Gasteiger partial charge in [0.15, 0.2) is 5.78 Å². The van der Waals surface area contributed by atoms with Crippen LogP contribution in [0.4, 0.5) is 5.69 Å². The van der Waals surface area contributed by atoms with Crippen LogP contribution >= 0.6 is 11.3 Å². The van der Waals surface area contributed by atoms with Crippen molar-refractivity contribution in [3.8, 4) is 11.5 Å². The highest BCUT2D eigenvalue weighted by molar-refractivity contribution is 7.92. The lowest BCUT2D eigenvalue weighted by Crippen LogP contribution is -2.31. The van der Waals surface area contributed by atoms with Crippen LogP contribution in [-0.2, 0) is 29.6 Å². The highest BCUT2D eigenvalue weighted by Gasteiger charge is 2.24. The number of fused-ring (bicyclic) bond motifs is 3. The van der Waals surface area contributed by atoms with Crippen molar-refractivity contribution in [1.29, 1.82) is 0 Å². The fraction of sp³-hybridized carbons (Fsp3) is 0.136. The second kappa shape index (κ2) is 16.4. The summed E-state index contributed by atoms with van der Waals surface area (Å²) in [6, 6.07) is 45.1. The molecule has 0 atom stereocenters. The number of hydrogen-bond donors (Lipinski definition) is 1. The number of benzene rings is 6. The third kappa shape index (κ3) is 8.62. The number of nitrogens with zero attached hydrogens (tertiary/aromatic N) is 1. The number of carbonyl (C=O) groups is 2. The fourth-order valence-electron chi connectivity index (χ4n) is 6.27. The van der Waals surface area contributed by atoms with Gasteiger partial charge in [0.25, 0.3) is 5.91 Å². The van der Waals surface area contributed by atoms with E-state index >= 15 is 0 Å². The summed E-state index contributed by atoms with van der Waals surface area (Å²) in [5, 5.41) is 5.19. The molecule has 0 aliphatic rings. The van der Waals surface area contributed by atoms with Crippen LogP contribution in [0.2, 0.25) is 0 Å². The number of sulfonamides is 1. The zero-order chi connectivity index (χ0) is 37.5. The Bertz CT molecular complexity index is 2540. The first kappa shape index (κ1) is 36.4. The first-order valence-corrected chi connectivity index (χ1v) is 20.2. The van der Waals surface area contributed by atoms with Gasteiger partial charge in [-0.3, -0.25) is 13.9 Å². The molecule has 0 unspecified atom stereocenters. The Labute approximate surface area is 318 Å². The van der Waals surface area contributed by atoms with Gasteiger partial charge in [-0.15, -0.1) is 11.3 Å². The number of hydrogen-bond acceptors (Lipinski definition) is 7. The largest absolute Gasteiger partial charge is 0.493 e. The number of amides is 1. The summed E-state index contributed by atoms with van der Waals surface area (Å²) in [4.78, 5) is 27.0. The monoisotopic (exact) mass is 754 g/mol. The third-order valence-electron chi connectivity index (χ3n) is 9.02. The standard InChI is InChI=1S/C44H38N2O6S2/c1-54(49,50)46(29-31-12-4-2-5-13-31)39-26-34(20-23-41(39)52-30-32-14-6-3-7-15-32)40(47)28-45-44(48)36-17-9-8-16-33(36)24-25-51-35-21-22-38-37-18-10-11-19-42(37)53-43(38)27-35/h2-23,26-27H,24-25,28-30H2,1H3,(H,45,48). The Morgan fingerprint density at radius 2 is 1.39 bits per heavy atom. The van der Waals surface area contributed by atoms with E-state index in [9.17, 15) is 18.0 Å². The SMILES string of the molecule is CS(=O)(=O)N(Cc1ccccc1)c1cc(C(=O)CNC(=O)c2ccccc2CCOc2ccc3c(c2)sc2ccccc23)ccc1OCc1ccccc1. The number of Topliss-reactive ketones (excluding diaryl/α,β-unsaturated/α-hetero) is 1. The van der Waals surface area contributed by atoms with E-state index in [4.69, 9.17) is 9.47 Å². The summed E-state index contributed by atoms with van der Waals surface area (Å²) in [6.07, 6.45) is 1.61. The maximum absolute atomic E-state index is 13.6. The molecule has 6 aromatic carbocycles. The van der Waals surface area contributed by atoms with Crippen LogP contribution in [0, 0.1) is 0 Å². The molecule has 1 amide bonds. The molecule has 7 rings (SSSR count). The molecule has 0 bridgehead atoms. The number of carbonyl (C=O) groups excluding carboxylic acids is 2. The molecule has 1 N–H and O–H groups in total. The summed E-state index contributed by atoms with van der Waals surface area (Å²) in [6.45, 7) is 0.308. The molecule has 1 heterocycles. The van der Waals surface area contributed by atoms with Gasteiger partial charge < -0.3 is 14.8 Å². The lowest BCUT2D eigenvalue weighted by atomic mass is 10.0. The van der Waals surface area contributed by atoms with Crippen molar-refractivity contribution in [2.24, 2.45) is 0 Å². The minimum absolute atomic E-state index is 0.0376. The van der Waals surface area contributed by atoms with Crippen molar-refractivity contribution in [2.45, 2.75) is 19.6 Å². The molecular weight excluding hydrogens is 717 g/mol. The Morgan fingerprint density at radius 3 is 2.17 bits per heavy atom. The molecular formula is C44H38N2O6S2. The van der Waals surface area contributed by atoms with Crippen molar-refractivity contribution >= 4 is 58.9 Å². The number of ether oxygens (including phenoxy) is 2.